The predicted molar refractivity (Wildman–Crippen MR) is 107 cm³/mol. The molecule has 0 atom stereocenters. The summed E-state index contributed by atoms with van der Waals surface area (Å²) in [4.78, 5) is 45.1. The van der Waals surface area contributed by atoms with E-state index in [0.717, 1.165) is 6.08 Å². The number of nitrogens with zero attached hydrogens (tertiary/aromatic N) is 1. The lowest BCUT2D eigenvalue weighted by Gasteiger charge is -2.29. The second-order valence-corrected chi connectivity index (χ2v) is 6.80. The van der Waals surface area contributed by atoms with Crippen molar-refractivity contribution < 1.29 is 42.6 Å². The molecule has 11 heteroatoms. The van der Waals surface area contributed by atoms with Crippen molar-refractivity contribution in [1.82, 2.24) is 10.6 Å². The highest BCUT2D eigenvalue weighted by atomic mass is 16.6. The zero-order valence-electron chi connectivity index (χ0n) is 17.9. The number of carbonyl (C=O) groups is 4. The van der Waals surface area contributed by atoms with Crippen molar-refractivity contribution >= 4 is 24.1 Å². The van der Waals surface area contributed by atoms with E-state index in [1.54, 1.807) is 0 Å². The molecule has 11 nitrogen and oxygen atoms in total. The first-order chi connectivity index (χ1) is 14.1. The van der Waals surface area contributed by atoms with Gasteiger partial charge in [-0.05, 0) is 6.92 Å². The summed E-state index contributed by atoms with van der Waals surface area (Å²) in [6, 6.07) is 0. The molecule has 2 N–H and O–H groups in total. The maximum absolute atomic E-state index is 11.6. The molecular weight excluding hydrogens is 398 g/mol. The number of hydrogen-bond acceptors (Lipinski definition) is 8. The predicted octanol–water partition coefficient (Wildman–Crippen LogP) is 0.364. The van der Waals surface area contributed by atoms with Crippen molar-refractivity contribution in [2.45, 2.75) is 6.92 Å². The maximum atomic E-state index is 11.6. The van der Waals surface area contributed by atoms with Crippen LogP contribution in [0.25, 0.3) is 0 Å². The summed E-state index contributed by atoms with van der Waals surface area (Å²) in [5.41, 5.74) is 0.285. The minimum atomic E-state index is -0.618. The van der Waals surface area contributed by atoms with Crippen molar-refractivity contribution in [3.05, 3.63) is 24.8 Å². The van der Waals surface area contributed by atoms with Gasteiger partial charge < -0.3 is 34.1 Å². The summed E-state index contributed by atoms with van der Waals surface area (Å²) in [7, 11) is 3.79. The highest BCUT2D eigenvalue weighted by molar-refractivity contribution is 5.86. The highest BCUT2D eigenvalue weighted by Crippen LogP contribution is 1.97. The van der Waals surface area contributed by atoms with Gasteiger partial charge in [0, 0.05) is 11.6 Å². The summed E-state index contributed by atoms with van der Waals surface area (Å²) in [5.74, 6) is -1.08. The first kappa shape index (κ1) is 26.9. The number of likely N-dealkylation sites (N-methyl/N-ethyl adjacent to an activating group) is 1. The van der Waals surface area contributed by atoms with Gasteiger partial charge in [0.1, 0.15) is 39.5 Å². The van der Waals surface area contributed by atoms with Crippen LogP contribution in [0.2, 0.25) is 0 Å². The Morgan fingerprint density at radius 1 is 0.833 bits per heavy atom. The van der Waals surface area contributed by atoms with E-state index in [-0.39, 0.29) is 45.1 Å². The van der Waals surface area contributed by atoms with E-state index in [1.165, 1.54) is 6.92 Å². The van der Waals surface area contributed by atoms with Crippen LogP contribution in [0.15, 0.2) is 24.8 Å². The number of amides is 2. The molecule has 0 bridgehead atoms. The van der Waals surface area contributed by atoms with Crippen molar-refractivity contribution in [3.8, 4) is 0 Å². The molecule has 0 aliphatic heterocycles. The number of ether oxygens (including phenoxy) is 4. The molecule has 0 aliphatic carbocycles. The Kier molecular flexibility index (Phi) is 13.3. The van der Waals surface area contributed by atoms with Gasteiger partial charge in [0.05, 0.1) is 27.2 Å². The molecule has 170 valence electrons. The van der Waals surface area contributed by atoms with Crippen molar-refractivity contribution in [2.24, 2.45) is 0 Å². The molecule has 0 saturated heterocycles. The average molecular weight is 430 g/mol. The summed E-state index contributed by atoms with van der Waals surface area (Å²) in [6.45, 7) is 9.87. The fraction of sp³-hybridized carbons (Fsp3) is 0.579. The number of nitrogens with one attached hydrogen (secondary N) is 2. The van der Waals surface area contributed by atoms with Gasteiger partial charge >= 0.3 is 24.1 Å². The van der Waals surface area contributed by atoms with Crippen molar-refractivity contribution in [3.63, 3.8) is 0 Å². The zero-order chi connectivity index (χ0) is 23.0. The lowest BCUT2D eigenvalue weighted by Crippen LogP contribution is -2.46. The Morgan fingerprint density at radius 2 is 1.30 bits per heavy atom. The normalized spacial score (nSPS) is 10.4. The number of rotatable bonds is 14. The molecule has 0 rings (SSSR count). The minimum absolute atomic E-state index is 0.0250. The van der Waals surface area contributed by atoms with E-state index in [2.05, 4.69) is 23.8 Å². The lowest BCUT2D eigenvalue weighted by atomic mass is 10.4. The molecule has 0 spiro atoms. The van der Waals surface area contributed by atoms with E-state index < -0.39 is 24.1 Å². The number of carbonyl (C=O) groups excluding carboxylic acids is 4. The van der Waals surface area contributed by atoms with Gasteiger partial charge in [0.2, 0.25) is 0 Å². The summed E-state index contributed by atoms with van der Waals surface area (Å²) < 4.78 is 20.1. The Bertz CT molecular complexity index is 619. The third-order valence-corrected chi connectivity index (χ3v) is 3.59. The van der Waals surface area contributed by atoms with Crippen LogP contribution in [0, 0.1) is 0 Å². The number of quaternary nitrogens is 1. The Balaban J connectivity index is 3.81. The molecule has 0 aromatic rings. The van der Waals surface area contributed by atoms with Crippen LogP contribution < -0.4 is 10.6 Å². The van der Waals surface area contributed by atoms with Gasteiger partial charge in [-0.2, -0.15) is 0 Å². The Labute approximate surface area is 176 Å². The van der Waals surface area contributed by atoms with Crippen LogP contribution in [0.1, 0.15) is 6.92 Å². The topological polar surface area (TPSA) is 129 Å². The maximum Gasteiger partial charge on any atom is 0.407 e. The largest absolute Gasteiger partial charge is 0.461 e. The van der Waals surface area contributed by atoms with E-state index >= 15 is 0 Å². The molecule has 2 amide bonds. The summed E-state index contributed by atoms with van der Waals surface area (Å²) >= 11 is 0. The Morgan fingerprint density at radius 3 is 1.73 bits per heavy atom. The molecule has 0 saturated carbocycles. The average Bonchev–Trinajstić information content (AvgIpc) is 2.67. The lowest BCUT2D eigenvalue weighted by molar-refractivity contribution is -0.890. The first-order valence-electron chi connectivity index (χ1n) is 9.32. The van der Waals surface area contributed by atoms with Gasteiger partial charge in [-0.25, -0.2) is 19.2 Å². The molecule has 0 aliphatic rings. The van der Waals surface area contributed by atoms with E-state index in [4.69, 9.17) is 18.9 Å². The molecule has 30 heavy (non-hydrogen) atoms. The van der Waals surface area contributed by atoms with Gasteiger partial charge in [-0.1, -0.05) is 13.2 Å². The van der Waals surface area contributed by atoms with Gasteiger partial charge in [0.25, 0.3) is 0 Å². The molecular formula is C19H32N3O8+. The van der Waals surface area contributed by atoms with Crippen LogP contribution in [0.5, 0.6) is 0 Å². The summed E-state index contributed by atoms with van der Waals surface area (Å²) in [6.07, 6.45) is -0.199. The third kappa shape index (κ3) is 14.9. The van der Waals surface area contributed by atoms with Gasteiger partial charge in [0.15, 0.2) is 0 Å². The quantitative estimate of drug-likeness (QED) is 0.133. The number of alkyl carbamates (subject to hydrolysis) is 2. The number of esters is 2. The molecule has 0 heterocycles. The second kappa shape index (κ2) is 14.9. The van der Waals surface area contributed by atoms with Crippen LogP contribution in [0.3, 0.4) is 0 Å². The second-order valence-electron chi connectivity index (χ2n) is 6.80. The highest BCUT2D eigenvalue weighted by Gasteiger charge is 2.17. The first-order valence-corrected chi connectivity index (χ1v) is 9.32. The number of hydrogen-bond donors (Lipinski definition) is 2. The van der Waals surface area contributed by atoms with E-state index in [1.807, 2.05) is 14.1 Å². The molecule has 0 fully saturated rings. The van der Waals surface area contributed by atoms with Crippen molar-refractivity contribution in [2.75, 3.05) is 66.7 Å². The zero-order valence-corrected chi connectivity index (χ0v) is 17.9. The fourth-order valence-corrected chi connectivity index (χ4v) is 1.77. The molecule has 0 aromatic carbocycles. The van der Waals surface area contributed by atoms with Crippen LogP contribution in [-0.4, -0.2) is 95.3 Å². The van der Waals surface area contributed by atoms with E-state index in [9.17, 15) is 19.2 Å². The van der Waals surface area contributed by atoms with Crippen LogP contribution in [0.4, 0.5) is 9.59 Å². The monoisotopic (exact) mass is 430 g/mol. The standard InChI is InChI=1S/C19H31N3O8/c1-6-16(23)27-11-7-20-18(25)29-13-9-22(4,5)10-14-30-19(26)21-8-12-28-17(24)15(2)3/h6H,1-2,7-14H2,3-5H3,(H-,20,21,25,26)/p+1. The summed E-state index contributed by atoms with van der Waals surface area (Å²) in [5, 5.41) is 4.92. The molecule has 0 unspecified atom stereocenters. The van der Waals surface area contributed by atoms with Crippen molar-refractivity contribution in [1.29, 1.82) is 0 Å². The van der Waals surface area contributed by atoms with Gasteiger partial charge in [-0.3, -0.25) is 0 Å². The molecule has 0 radical (unpaired) electrons. The smallest absolute Gasteiger partial charge is 0.407 e. The fourth-order valence-electron chi connectivity index (χ4n) is 1.77. The van der Waals surface area contributed by atoms with E-state index in [0.29, 0.717) is 17.6 Å². The SMILES string of the molecule is C=CC(=O)OCCNC(=O)OCC[N+](C)(C)CCOC(=O)NCCOC(=O)C(=C)C. The molecule has 0 aromatic heterocycles. The Hall–Kier alpha value is -3.08. The van der Waals surface area contributed by atoms with Crippen LogP contribution >= 0.6 is 0 Å². The minimum Gasteiger partial charge on any atom is -0.461 e. The third-order valence-electron chi connectivity index (χ3n) is 3.59. The van der Waals surface area contributed by atoms with Crippen LogP contribution in [-0.2, 0) is 28.5 Å². The van der Waals surface area contributed by atoms with Gasteiger partial charge in [-0.15, -0.1) is 0 Å².